The fourth-order valence-corrected chi connectivity index (χ4v) is 3.91. The Hall–Kier alpha value is -3.69. The van der Waals surface area contributed by atoms with Crippen LogP contribution in [0.15, 0.2) is 56.8 Å². The molecule has 2 aromatic heterocycles. The Bertz CT molecular complexity index is 1250. The Morgan fingerprint density at radius 1 is 1.12 bits per heavy atom. The SMILES string of the molecule is Cn1c(=O)cc(NCC2CCCCN2c2ccc(=O)n(Cc3cccc(F)c3)n2)[nH]c1=O. The molecule has 3 heterocycles. The zero-order valence-corrected chi connectivity index (χ0v) is 17.8. The first-order valence-corrected chi connectivity index (χ1v) is 10.5. The highest BCUT2D eigenvalue weighted by Gasteiger charge is 2.24. The molecule has 0 spiro atoms. The maximum Gasteiger partial charge on any atom is 0.329 e. The van der Waals surface area contributed by atoms with Gasteiger partial charge in [-0.3, -0.25) is 19.1 Å². The second-order valence-corrected chi connectivity index (χ2v) is 7.93. The van der Waals surface area contributed by atoms with Gasteiger partial charge in [-0.05, 0) is 43.0 Å². The molecule has 3 aromatic rings. The molecule has 1 saturated heterocycles. The lowest BCUT2D eigenvalue weighted by Crippen LogP contribution is -2.45. The van der Waals surface area contributed by atoms with Crippen LogP contribution in [0.1, 0.15) is 24.8 Å². The van der Waals surface area contributed by atoms with Crippen LogP contribution in [0, 0.1) is 5.82 Å². The summed E-state index contributed by atoms with van der Waals surface area (Å²) in [5.74, 6) is 0.667. The second-order valence-electron chi connectivity index (χ2n) is 7.93. The molecule has 0 amide bonds. The Labute approximate surface area is 183 Å². The van der Waals surface area contributed by atoms with Gasteiger partial charge >= 0.3 is 5.69 Å². The molecule has 32 heavy (non-hydrogen) atoms. The summed E-state index contributed by atoms with van der Waals surface area (Å²) in [5, 5.41) is 7.68. The Morgan fingerprint density at radius 3 is 2.75 bits per heavy atom. The fraction of sp³-hybridized carbons (Fsp3) is 0.364. The number of nitrogens with one attached hydrogen (secondary N) is 2. The van der Waals surface area contributed by atoms with E-state index in [0.717, 1.165) is 30.4 Å². The minimum Gasteiger partial charge on any atom is -0.369 e. The topological polar surface area (TPSA) is 105 Å². The predicted molar refractivity (Wildman–Crippen MR) is 120 cm³/mol. The second kappa shape index (κ2) is 9.21. The number of piperidine rings is 1. The van der Waals surface area contributed by atoms with Crippen LogP contribution in [0.2, 0.25) is 0 Å². The number of benzene rings is 1. The van der Waals surface area contributed by atoms with Crippen molar-refractivity contribution in [2.24, 2.45) is 7.05 Å². The van der Waals surface area contributed by atoms with Gasteiger partial charge in [0.2, 0.25) is 0 Å². The lowest BCUT2D eigenvalue weighted by Gasteiger charge is -2.37. The molecule has 1 atom stereocenters. The average Bonchev–Trinajstić information content (AvgIpc) is 2.78. The van der Waals surface area contributed by atoms with Crippen LogP contribution in [-0.4, -0.2) is 38.5 Å². The number of halogens is 1. The van der Waals surface area contributed by atoms with Crippen molar-refractivity contribution in [1.29, 1.82) is 0 Å². The Balaban J connectivity index is 1.54. The number of anilines is 2. The van der Waals surface area contributed by atoms with E-state index in [0.29, 0.717) is 23.7 Å². The molecule has 1 aromatic carbocycles. The van der Waals surface area contributed by atoms with E-state index in [9.17, 15) is 18.8 Å². The maximum atomic E-state index is 13.5. The van der Waals surface area contributed by atoms with Crippen molar-refractivity contribution >= 4 is 11.6 Å². The zero-order chi connectivity index (χ0) is 22.7. The van der Waals surface area contributed by atoms with E-state index >= 15 is 0 Å². The maximum absolute atomic E-state index is 13.5. The quantitative estimate of drug-likeness (QED) is 0.599. The van der Waals surface area contributed by atoms with Gasteiger partial charge in [0.1, 0.15) is 17.5 Å². The van der Waals surface area contributed by atoms with E-state index in [1.807, 2.05) is 0 Å². The van der Waals surface area contributed by atoms with Crippen molar-refractivity contribution < 1.29 is 4.39 Å². The number of H-pyrrole nitrogens is 1. The third-order valence-corrected chi connectivity index (χ3v) is 5.67. The standard InChI is InChI=1S/C22H25FN6O3/c1-27-21(31)12-18(25-22(27)32)24-13-17-7-2-3-10-28(17)19-8-9-20(30)29(26-19)14-15-5-4-6-16(23)11-15/h4-6,8-9,11-12,17,24H,2-3,7,10,13-14H2,1H3,(H,25,32). The first kappa shape index (κ1) is 21.5. The summed E-state index contributed by atoms with van der Waals surface area (Å²) in [7, 11) is 1.41. The number of rotatable bonds is 6. The molecular weight excluding hydrogens is 415 g/mol. The lowest BCUT2D eigenvalue weighted by molar-refractivity contribution is 0.462. The third-order valence-electron chi connectivity index (χ3n) is 5.67. The molecule has 1 fully saturated rings. The van der Waals surface area contributed by atoms with E-state index in [1.54, 1.807) is 18.2 Å². The van der Waals surface area contributed by atoms with Crippen LogP contribution in [0.3, 0.4) is 0 Å². The van der Waals surface area contributed by atoms with Crippen LogP contribution in [-0.2, 0) is 13.6 Å². The summed E-state index contributed by atoms with van der Waals surface area (Å²) in [6.45, 7) is 1.44. The molecule has 2 N–H and O–H groups in total. The predicted octanol–water partition coefficient (Wildman–Crippen LogP) is 1.29. The first-order valence-electron chi connectivity index (χ1n) is 10.5. The van der Waals surface area contributed by atoms with Crippen molar-refractivity contribution in [3.8, 4) is 0 Å². The highest BCUT2D eigenvalue weighted by atomic mass is 19.1. The number of nitrogens with zero attached hydrogens (tertiary/aromatic N) is 4. The van der Waals surface area contributed by atoms with Gasteiger partial charge in [0.15, 0.2) is 0 Å². The number of aromatic amines is 1. The highest BCUT2D eigenvalue weighted by Crippen LogP contribution is 2.22. The smallest absolute Gasteiger partial charge is 0.329 e. The summed E-state index contributed by atoms with van der Waals surface area (Å²) >= 11 is 0. The van der Waals surface area contributed by atoms with Gasteiger partial charge in [0.05, 0.1) is 6.54 Å². The lowest BCUT2D eigenvalue weighted by atomic mass is 10.0. The number of hydrogen-bond donors (Lipinski definition) is 2. The Morgan fingerprint density at radius 2 is 1.97 bits per heavy atom. The zero-order valence-electron chi connectivity index (χ0n) is 17.8. The third kappa shape index (κ3) is 4.79. The first-order chi connectivity index (χ1) is 15.4. The van der Waals surface area contributed by atoms with Crippen molar-refractivity contribution in [2.45, 2.75) is 31.8 Å². The highest BCUT2D eigenvalue weighted by molar-refractivity contribution is 5.41. The van der Waals surface area contributed by atoms with E-state index in [-0.39, 0.29) is 29.5 Å². The van der Waals surface area contributed by atoms with Crippen LogP contribution < -0.4 is 27.0 Å². The van der Waals surface area contributed by atoms with Gasteiger partial charge in [0, 0.05) is 38.3 Å². The summed E-state index contributed by atoms with van der Waals surface area (Å²) < 4.78 is 15.9. The van der Waals surface area contributed by atoms with Crippen LogP contribution in [0.4, 0.5) is 16.0 Å². The molecule has 168 valence electrons. The summed E-state index contributed by atoms with van der Waals surface area (Å²) in [6, 6.07) is 10.7. The summed E-state index contributed by atoms with van der Waals surface area (Å²) in [4.78, 5) is 40.8. The van der Waals surface area contributed by atoms with E-state index < -0.39 is 5.69 Å². The number of aromatic nitrogens is 4. The summed E-state index contributed by atoms with van der Waals surface area (Å²) in [5.41, 5.74) is -0.472. The minimum atomic E-state index is -0.480. The van der Waals surface area contributed by atoms with Gasteiger partial charge < -0.3 is 10.2 Å². The van der Waals surface area contributed by atoms with Gasteiger partial charge in [-0.15, -0.1) is 0 Å². The molecule has 1 aliphatic rings. The molecule has 0 bridgehead atoms. The van der Waals surface area contributed by atoms with Crippen molar-refractivity contribution in [3.63, 3.8) is 0 Å². The molecule has 0 radical (unpaired) electrons. The molecule has 0 saturated carbocycles. The largest absolute Gasteiger partial charge is 0.369 e. The Kier molecular flexibility index (Phi) is 6.20. The molecule has 1 aliphatic heterocycles. The van der Waals surface area contributed by atoms with Crippen LogP contribution in [0.25, 0.3) is 0 Å². The van der Waals surface area contributed by atoms with Gasteiger partial charge in [0.25, 0.3) is 11.1 Å². The fourth-order valence-electron chi connectivity index (χ4n) is 3.91. The van der Waals surface area contributed by atoms with Crippen molar-refractivity contribution in [3.05, 3.63) is 85.0 Å². The molecule has 10 heteroatoms. The van der Waals surface area contributed by atoms with E-state index in [1.165, 1.54) is 36.0 Å². The normalized spacial score (nSPS) is 16.2. The van der Waals surface area contributed by atoms with Gasteiger partial charge in [-0.1, -0.05) is 12.1 Å². The van der Waals surface area contributed by atoms with Crippen LogP contribution >= 0.6 is 0 Å². The molecule has 0 aliphatic carbocycles. The number of hydrogen-bond acceptors (Lipinski definition) is 6. The molecule has 4 rings (SSSR count). The summed E-state index contributed by atoms with van der Waals surface area (Å²) in [6.07, 6.45) is 2.93. The van der Waals surface area contributed by atoms with E-state index in [2.05, 4.69) is 20.3 Å². The minimum absolute atomic E-state index is 0.0592. The average molecular weight is 440 g/mol. The monoisotopic (exact) mass is 440 g/mol. The molecular formula is C22H25FN6O3. The van der Waals surface area contributed by atoms with Gasteiger partial charge in [-0.2, -0.15) is 5.10 Å². The van der Waals surface area contributed by atoms with Crippen molar-refractivity contribution in [1.82, 2.24) is 19.3 Å². The van der Waals surface area contributed by atoms with Crippen molar-refractivity contribution in [2.75, 3.05) is 23.3 Å². The molecule has 9 nitrogen and oxygen atoms in total. The van der Waals surface area contributed by atoms with Crippen LogP contribution in [0.5, 0.6) is 0 Å². The molecule has 1 unspecified atom stereocenters. The van der Waals surface area contributed by atoms with E-state index in [4.69, 9.17) is 0 Å². The van der Waals surface area contributed by atoms with Gasteiger partial charge in [-0.25, -0.2) is 13.9 Å².